The Labute approximate surface area is 124 Å². The highest BCUT2D eigenvalue weighted by atomic mass is 35.5. The van der Waals surface area contributed by atoms with Crippen molar-refractivity contribution < 1.29 is 14.4 Å². The smallest absolute Gasteiger partial charge is 0.226 e. The first-order valence-corrected chi connectivity index (χ1v) is 6.92. The van der Waals surface area contributed by atoms with Gasteiger partial charge in [0.1, 0.15) is 0 Å². The van der Waals surface area contributed by atoms with Gasteiger partial charge in [-0.1, -0.05) is 13.0 Å². The summed E-state index contributed by atoms with van der Waals surface area (Å²) in [5, 5.41) is 0.577. The monoisotopic (exact) mass is 328 g/mol. The molecule has 1 heterocycles. The molecular formula is C11H11Cl3O3S. The van der Waals surface area contributed by atoms with Crippen molar-refractivity contribution in [3.63, 3.8) is 0 Å². The lowest BCUT2D eigenvalue weighted by Gasteiger charge is -1.98. The Morgan fingerprint density at radius 1 is 1.22 bits per heavy atom. The van der Waals surface area contributed by atoms with Gasteiger partial charge in [0, 0.05) is 17.2 Å². The van der Waals surface area contributed by atoms with E-state index in [-0.39, 0.29) is 11.7 Å². The number of hydrogen-bond donors (Lipinski definition) is 0. The Balaban J connectivity index is 0.000000321. The molecule has 1 aromatic rings. The van der Waals surface area contributed by atoms with Gasteiger partial charge in [-0.2, -0.15) is 0 Å². The van der Waals surface area contributed by atoms with Crippen LogP contribution in [0.25, 0.3) is 0 Å². The van der Waals surface area contributed by atoms with Gasteiger partial charge in [-0.05, 0) is 46.2 Å². The number of carbonyl (C=O) groups excluding carboxylic acids is 3. The molecule has 100 valence electrons. The zero-order valence-corrected chi connectivity index (χ0v) is 12.6. The molecule has 0 N–H and O–H groups in total. The Hall–Kier alpha value is -0.420. The van der Waals surface area contributed by atoms with E-state index in [1.807, 2.05) is 17.5 Å². The van der Waals surface area contributed by atoms with Crippen molar-refractivity contribution >= 4 is 61.9 Å². The molecule has 0 aliphatic rings. The summed E-state index contributed by atoms with van der Waals surface area (Å²) in [6.07, 6.45) is 0.378. The maximum absolute atomic E-state index is 10.3. The standard InChI is InChI=1S/C6H5ClOS.C5H6Cl2O2/c7-6(8)4-5-2-1-3-9-5;1-3(5(7)9)2-4(6)8/h1-3H,4H2;3H,2H2,1H3. The van der Waals surface area contributed by atoms with E-state index in [1.54, 1.807) is 18.3 Å². The Kier molecular flexibility index (Phi) is 9.28. The van der Waals surface area contributed by atoms with Crippen LogP contribution in [-0.4, -0.2) is 15.7 Å². The van der Waals surface area contributed by atoms with Crippen LogP contribution in [0, 0.1) is 5.92 Å². The van der Waals surface area contributed by atoms with Gasteiger partial charge in [-0.25, -0.2) is 0 Å². The van der Waals surface area contributed by atoms with Crippen molar-refractivity contribution in [3.8, 4) is 0 Å². The molecule has 0 amide bonds. The highest BCUT2D eigenvalue weighted by molar-refractivity contribution is 7.10. The summed E-state index contributed by atoms with van der Waals surface area (Å²) in [7, 11) is 0. The quantitative estimate of drug-likeness (QED) is 0.776. The van der Waals surface area contributed by atoms with Crippen molar-refractivity contribution in [2.24, 2.45) is 5.92 Å². The molecule has 3 nitrogen and oxygen atoms in total. The molecule has 1 aromatic heterocycles. The fourth-order valence-corrected chi connectivity index (χ4v) is 2.11. The van der Waals surface area contributed by atoms with E-state index in [1.165, 1.54) is 0 Å². The lowest BCUT2D eigenvalue weighted by atomic mass is 10.1. The molecule has 1 atom stereocenters. The number of carbonyl (C=O) groups is 3. The first-order chi connectivity index (χ1) is 8.32. The third-order valence-corrected chi connectivity index (χ3v) is 3.28. The van der Waals surface area contributed by atoms with Crippen LogP contribution in [0.1, 0.15) is 18.2 Å². The van der Waals surface area contributed by atoms with Crippen molar-refractivity contribution in [1.29, 1.82) is 0 Å². The Morgan fingerprint density at radius 2 is 1.83 bits per heavy atom. The van der Waals surface area contributed by atoms with Crippen LogP contribution >= 0.6 is 46.1 Å². The predicted octanol–water partition coefficient (Wildman–Crippen LogP) is 3.60. The zero-order chi connectivity index (χ0) is 14.1. The molecule has 0 bridgehead atoms. The minimum Gasteiger partial charge on any atom is -0.281 e. The second-order valence-corrected chi connectivity index (χ2v) is 5.62. The number of rotatable bonds is 5. The van der Waals surface area contributed by atoms with Gasteiger partial charge in [0.15, 0.2) is 0 Å². The van der Waals surface area contributed by atoms with Crippen molar-refractivity contribution in [2.45, 2.75) is 19.8 Å². The highest BCUT2D eigenvalue weighted by Crippen LogP contribution is 2.09. The molecule has 0 aliphatic carbocycles. The molecule has 1 unspecified atom stereocenters. The lowest BCUT2D eigenvalue weighted by Crippen LogP contribution is -2.06. The largest absolute Gasteiger partial charge is 0.281 e. The molecule has 7 heteroatoms. The first kappa shape index (κ1) is 17.6. The number of hydrogen-bond acceptors (Lipinski definition) is 4. The highest BCUT2D eigenvalue weighted by Gasteiger charge is 2.12. The normalized spacial score (nSPS) is 11.1. The Bertz CT molecular complexity index is 404. The van der Waals surface area contributed by atoms with Crippen LogP contribution in [0.15, 0.2) is 17.5 Å². The second kappa shape index (κ2) is 9.50. The summed E-state index contributed by atoms with van der Waals surface area (Å²) < 4.78 is 0. The number of halogens is 3. The molecule has 0 spiro atoms. The molecule has 0 radical (unpaired) electrons. The summed E-state index contributed by atoms with van der Waals surface area (Å²) in [6.45, 7) is 1.55. The molecule has 0 aromatic carbocycles. The van der Waals surface area contributed by atoms with Gasteiger partial charge >= 0.3 is 0 Å². The van der Waals surface area contributed by atoms with Crippen LogP contribution in [0.5, 0.6) is 0 Å². The fourth-order valence-electron chi connectivity index (χ4n) is 0.871. The second-order valence-electron chi connectivity index (χ2n) is 3.38. The van der Waals surface area contributed by atoms with Crippen LogP contribution in [0.4, 0.5) is 0 Å². The lowest BCUT2D eigenvalue weighted by molar-refractivity contribution is -0.119. The van der Waals surface area contributed by atoms with Gasteiger partial charge in [0.2, 0.25) is 15.7 Å². The molecule has 0 saturated heterocycles. The van der Waals surface area contributed by atoms with E-state index in [0.29, 0.717) is 6.42 Å². The number of thiophene rings is 1. The maximum Gasteiger partial charge on any atom is 0.226 e. The van der Waals surface area contributed by atoms with E-state index in [9.17, 15) is 14.4 Å². The molecule has 1 rings (SSSR count). The third kappa shape index (κ3) is 9.59. The van der Waals surface area contributed by atoms with Crippen molar-refractivity contribution in [3.05, 3.63) is 22.4 Å². The Morgan fingerprint density at radius 3 is 2.11 bits per heavy atom. The van der Waals surface area contributed by atoms with Crippen LogP contribution < -0.4 is 0 Å². The molecular weight excluding hydrogens is 319 g/mol. The van der Waals surface area contributed by atoms with Gasteiger partial charge in [-0.15, -0.1) is 11.3 Å². The average Bonchev–Trinajstić information content (AvgIpc) is 2.69. The van der Waals surface area contributed by atoms with Crippen molar-refractivity contribution in [1.82, 2.24) is 0 Å². The predicted molar refractivity (Wildman–Crippen MR) is 74.4 cm³/mol. The molecule has 0 fully saturated rings. The fraction of sp³-hybridized carbons (Fsp3) is 0.364. The zero-order valence-electron chi connectivity index (χ0n) is 9.49. The van der Waals surface area contributed by atoms with Crippen LogP contribution in [-0.2, 0) is 20.8 Å². The summed E-state index contributed by atoms with van der Waals surface area (Å²) >= 11 is 16.7. The summed E-state index contributed by atoms with van der Waals surface area (Å²) in [4.78, 5) is 31.7. The van der Waals surface area contributed by atoms with Crippen LogP contribution in [0.3, 0.4) is 0 Å². The van der Waals surface area contributed by atoms with Gasteiger partial charge in [0.25, 0.3) is 0 Å². The molecule has 0 aliphatic heterocycles. The third-order valence-electron chi connectivity index (χ3n) is 1.75. The van der Waals surface area contributed by atoms with Crippen molar-refractivity contribution in [2.75, 3.05) is 0 Å². The minimum absolute atomic E-state index is 0.0177. The first-order valence-electron chi connectivity index (χ1n) is 4.91. The van der Waals surface area contributed by atoms with Crippen LogP contribution in [0.2, 0.25) is 0 Å². The summed E-state index contributed by atoms with van der Waals surface area (Å²) in [5.41, 5.74) is 0. The summed E-state index contributed by atoms with van der Waals surface area (Å²) in [6, 6.07) is 3.80. The van der Waals surface area contributed by atoms with Gasteiger partial charge < -0.3 is 0 Å². The van der Waals surface area contributed by atoms with E-state index >= 15 is 0 Å². The maximum atomic E-state index is 10.3. The molecule has 18 heavy (non-hydrogen) atoms. The van der Waals surface area contributed by atoms with E-state index < -0.39 is 16.4 Å². The summed E-state index contributed by atoms with van der Waals surface area (Å²) in [5.74, 6) is -0.461. The van der Waals surface area contributed by atoms with Gasteiger partial charge in [-0.3, -0.25) is 14.4 Å². The molecule has 0 saturated carbocycles. The van der Waals surface area contributed by atoms with Gasteiger partial charge in [0.05, 0.1) is 6.42 Å². The minimum atomic E-state index is -0.531. The van der Waals surface area contributed by atoms with E-state index in [0.717, 1.165) is 4.88 Å². The average molecular weight is 330 g/mol. The SMILES string of the molecule is CC(CC(=O)Cl)C(=O)Cl.O=C(Cl)Cc1cccs1. The van der Waals surface area contributed by atoms with E-state index in [4.69, 9.17) is 34.8 Å². The topological polar surface area (TPSA) is 51.2 Å². The van der Waals surface area contributed by atoms with E-state index in [2.05, 4.69) is 0 Å².